The monoisotopic (exact) mass is 654 g/mol. The number of halogens is 2. The lowest BCUT2D eigenvalue weighted by Gasteiger charge is -2.34. The van der Waals surface area contributed by atoms with E-state index in [1.54, 1.807) is 23.9 Å². The summed E-state index contributed by atoms with van der Waals surface area (Å²) >= 11 is 0. The molecule has 0 aliphatic heterocycles. The Balaban J connectivity index is 1.35. The molecular formula is C33H40F2N6O4S. The first-order valence-corrected chi connectivity index (χ1v) is 17.0. The zero-order valence-electron chi connectivity index (χ0n) is 26.5. The van der Waals surface area contributed by atoms with Crippen LogP contribution in [0.4, 0.5) is 20.4 Å². The molecule has 1 aliphatic rings. The van der Waals surface area contributed by atoms with E-state index in [1.165, 1.54) is 24.3 Å². The fraction of sp³-hybridized carbons (Fsp3) is 0.424. The quantitative estimate of drug-likeness (QED) is 0.204. The summed E-state index contributed by atoms with van der Waals surface area (Å²) in [4.78, 5) is 25.4. The van der Waals surface area contributed by atoms with Gasteiger partial charge in [0.15, 0.2) is 0 Å². The van der Waals surface area contributed by atoms with Crippen molar-refractivity contribution in [2.24, 2.45) is 0 Å². The highest BCUT2D eigenvalue weighted by atomic mass is 32.2. The van der Waals surface area contributed by atoms with Crippen LogP contribution in [0.25, 0.3) is 22.2 Å². The van der Waals surface area contributed by atoms with Gasteiger partial charge in [-0.05, 0) is 88.0 Å². The first-order valence-electron chi connectivity index (χ1n) is 15.4. The number of ether oxygens (including phenoxy) is 1. The van der Waals surface area contributed by atoms with Crippen molar-refractivity contribution >= 4 is 32.7 Å². The van der Waals surface area contributed by atoms with Crippen LogP contribution in [0.2, 0.25) is 0 Å². The molecule has 4 aromatic rings. The number of pyridine rings is 1. The van der Waals surface area contributed by atoms with E-state index in [4.69, 9.17) is 9.72 Å². The highest BCUT2D eigenvalue weighted by Gasteiger charge is 2.25. The summed E-state index contributed by atoms with van der Waals surface area (Å²) in [5.74, 6) is -1.33. The van der Waals surface area contributed by atoms with Gasteiger partial charge in [0.2, 0.25) is 16.0 Å². The van der Waals surface area contributed by atoms with Gasteiger partial charge in [-0.15, -0.1) is 0 Å². The van der Waals surface area contributed by atoms with Gasteiger partial charge < -0.3 is 15.0 Å². The van der Waals surface area contributed by atoms with Gasteiger partial charge in [-0.2, -0.15) is 4.98 Å². The first-order chi connectivity index (χ1) is 21.9. The first kappa shape index (κ1) is 33.4. The predicted octanol–water partition coefficient (Wildman–Crippen LogP) is 5.56. The van der Waals surface area contributed by atoms with Crippen molar-refractivity contribution in [1.29, 1.82) is 0 Å². The van der Waals surface area contributed by atoms with Crippen LogP contribution in [-0.4, -0.2) is 67.2 Å². The lowest BCUT2D eigenvalue weighted by Crippen LogP contribution is -2.39. The van der Waals surface area contributed by atoms with Crippen molar-refractivity contribution in [3.63, 3.8) is 0 Å². The molecule has 2 heterocycles. The number of aromatic nitrogens is 3. The number of hydrogen-bond acceptors (Lipinski definition) is 8. The number of fused-ring (bicyclic) bond motifs is 1. The summed E-state index contributed by atoms with van der Waals surface area (Å²) < 4.78 is 62.8. The lowest BCUT2D eigenvalue weighted by atomic mass is 9.90. The molecule has 13 heteroatoms. The topological polar surface area (TPSA) is 118 Å². The molecule has 1 saturated carbocycles. The second kappa shape index (κ2) is 14.2. The maximum Gasteiger partial charge on any atom is 0.260 e. The van der Waals surface area contributed by atoms with E-state index in [9.17, 15) is 17.6 Å². The minimum Gasteiger partial charge on any atom is -0.383 e. The standard InChI is InChI=1S/C33H40F2N6O4S/c1-21(2)41-31-24(19-36-33(38-31)37-26-10-12-27(13-11-26)40(3)15-16-45-4)17-28(32(41)42)23-7-14-30(29(35)18-23)39-46(43,44)20-22-5-8-25(34)9-6-22/h5-9,14,17-19,21,26-27,39H,10-13,15-16,20H2,1-4H3,(H,36,37,38)/t26-,27-. The Labute approximate surface area is 267 Å². The van der Waals surface area contributed by atoms with Crippen LogP contribution in [0.1, 0.15) is 51.1 Å². The molecule has 2 N–H and O–H groups in total. The third-order valence-electron chi connectivity index (χ3n) is 8.41. The number of nitrogens with zero attached hydrogens (tertiary/aromatic N) is 4. The van der Waals surface area contributed by atoms with Crippen LogP contribution in [0.5, 0.6) is 0 Å². The van der Waals surface area contributed by atoms with Gasteiger partial charge in [0.25, 0.3) is 5.56 Å². The van der Waals surface area contributed by atoms with E-state index in [1.807, 2.05) is 13.8 Å². The Hall–Kier alpha value is -3.94. The van der Waals surface area contributed by atoms with Crippen LogP contribution in [0.3, 0.4) is 0 Å². The Kier molecular flexibility index (Phi) is 10.3. The second-order valence-electron chi connectivity index (χ2n) is 12.1. The van der Waals surface area contributed by atoms with E-state index < -0.39 is 27.4 Å². The lowest BCUT2D eigenvalue weighted by molar-refractivity contribution is 0.121. The molecule has 5 rings (SSSR count). The van der Waals surface area contributed by atoms with Crippen LogP contribution in [-0.2, 0) is 20.5 Å². The molecule has 0 spiro atoms. The van der Waals surface area contributed by atoms with Gasteiger partial charge in [0.1, 0.15) is 17.3 Å². The zero-order valence-corrected chi connectivity index (χ0v) is 27.3. The summed E-state index contributed by atoms with van der Waals surface area (Å²) in [6.07, 6.45) is 5.71. The molecule has 246 valence electrons. The van der Waals surface area contributed by atoms with Gasteiger partial charge in [-0.3, -0.25) is 14.1 Å². The largest absolute Gasteiger partial charge is 0.383 e. The van der Waals surface area contributed by atoms with Crippen LogP contribution >= 0.6 is 0 Å². The van der Waals surface area contributed by atoms with Gasteiger partial charge >= 0.3 is 0 Å². The summed E-state index contributed by atoms with van der Waals surface area (Å²) in [5, 5.41) is 4.07. The summed E-state index contributed by atoms with van der Waals surface area (Å²) in [6.45, 7) is 5.36. The van der Waals surface area contributed by atoms with Crippen molar-refractivity contribution in [2.45, 2.75) is 63.4 Å². The number of hydrogen-bond donors (Lipinski definition) is 2. The predicted molar refractivity (Wildman–Crippen MR) is 176 cm³/mol. The average molecular weight is 655 g/mol. The minimum absolute atomic E-state index is 0.220. The number of sulfonamides is 1. The van der Waals surface area contributed by atoms with Gasteiger partial charge in [0.05, 0.1) is 18.0 Å². The molecular weight excluding hydrogens is 614 g/mol. The van der Waals surface area contributed by atoms with Crippen molar-refractivity contribution in [3.8, 4) is 11.1 Å². The number of methoxy groups -OCH3 is 1. The molecule has 0 bridgehead atoms. The van der Waals surface area contributed by atoms with E-state index in [0.717, 1.165) is 50.4 Å². The molecule has 0 saturated heterocycles. The molecule has 2 aromatic heterocycles. The van der Waals surface area contributed by atoms with E-state index >= 15 is 4.39 Å². The molecule has 0 atom stereocenters. The number of likely N-dealkylation sites (N-methyl/N-ethyl adjacent to an activating group) is 1. The van der Waals surface area contributed by atoms with E-state index in [2.05, 4.69) is 27.0 Å². The minimum atomic E-state index is -3.99. The second-order valence-corrected chi connectivity index (χ2v) is 13.8. The molecule has 10 nitrogen and oxygen atoms in total. The molecule has 0 unspecified atom stereocenters. The Morgan fingerprint density at radius 2 is 1.78 bits per heavy atom. The molecule has 1 fully saturated rings. The highest BCUT2D eigenvalue weighted by Crippen LogP contribution is 2.28. The number of rotatable bonds is 12. The zero-order chi connectivity index (χ0) is 33.0. The number of nitrogens with one attached hydrogen (secondary N) is 2. The van der Waals surface area contributed by atoms with E-state index in [-0.39, 0.29) is 34.5 Å². The van der Waals surface area contributed by atoms with Crippen molar-refractivity contribution in [3.05, 3.63) is 82.3 Å². The van der Waals surface area contributed by atoms with E-state index in [0.29, 0.717) is 35.2 Å². The average Bonchev–Trinajstić information content (AvgIpc) is 3.01. The summed E-state index contributed by atoms with van der Waals surface area (Å²) in [6, 6.07) is 11.0. The van der Waals surface area contributed by atoms with Gasteiger partial charge in [-0.1, -0.05) is 18.2 Å². The van der Waals surface area contributed by atoms with Crippen LogP contribution in [0, 0.1) is 11.6 Å². The molecule has 1 aliphatic carbocycles. The van der Waals surface area contributed by atoms with Crippen molar-refractivity contribution in [2.75, 3.05) is 37.3 Å². The third kappa shape index (κ3) is 7.88. The number of benzene rings is 2. The molecule has 46 heavy (non-hydrogen) atoms. The normalized spacial score (nSPS) is 17.1. The molecule has 2 aromatic carbocycles. The van der Waals surface area contributed by atoms with Gasteiger partial charge in [-0.25, -0.2) is 22.2 Å². The molecule has 0 radical (unpaired) electrons. The fourth-order valence-electron chi connectivity index (χ4n) is 5.91. The highest BCUT2D eigenvalue weighted by molar-refractivity contribution is 7.91. The van der Waals surface area contributed by atoms with Crippen LogP contribution in [0.15, 0.2) is 59.5 Å². The molecule has 0 amide bonds. The fourth-order valence-corrected chi connectivity index (χ4v) is 7.11. The maximum absolute atomic E-state index is 15.2. The maximum atomic E-state index is 15.2. The SMILES string of the molecule is COCCN(C)[C@H]1CC[C@H](Nc2ncc3cc(-c4ccc(NS(=O)(=O)Cc5ccc(F)cc5)c(F)c4)c(=O)n(C(C)C)c3n2)CC1. The van der Waals surface area contributed by atoms with Crippen molar-refractivity contribution < 1.29 is 21.9 Å². The smallest absolute Gasteiger partial charge is 0.260 e. The van der Waals surface area contributed by atoms with Gasteiger partial charge in [0, 0.05) is 48.9 Å². The third-order valence-corrected chi connectivity index (χ3v) is 9.65. The Morgan fingerprint density at radius 1 is 1.07 bits per heavy atom. The van der Waals surface area contributed by atoms with Crippen LogP contribution < -0.4 is 15.6 Å². The summed E-state index contributed by atoms with van der Waals surface area (Å²) in [7, 11) is -0.145. The Bertz CT molecular complexity index is 1840. The Morgan fingerprint density at radius 3 is 2.43 bits per heavy atom. The van der Waals surface area contributed by atoms with Crippen molar-refractivity contribution in [1.82, 2.24) is 19.4 Å². The summed E-state index contributed by atoms with van der Waals surface area (Å²) in [5.41, 5.74) is 0.739. The number of anilines is 2.